The Hall–Kier alpha value is -1.10. The molecule has 1 aliphatic heterocycles. The molecule has 0 aromatic heterocycles. The van der Waals surface area contributed by atoms with Crippen LogP contribution in [0.1, 0.15) is 5.56 Å². The van der Waals surface area contributed by atoms with E-state index in [2.05, 4.69) is 5.32 Å². The fourth-order valence-electron chi connectivity index (χ4n) is 2.06. The molecule has 0 saturated carbocycles. The standard InChI is InChI=1S/C13H13Cl2N2O2/c14-10-2-1-9(12(15)6-10)5-11(8-18)17-4-3-16-7-13(17)19/h1-2,6,11,16H,3-5,7H2. The van der Waals surface area contributed by atoms with Crippen molar-refractivity contribution < 1.29 is 9.59 Å². The fourth-order valence-corrected chi connectivity index (χ4v) is 2.55. The highest BCUT2D eigenvalue weighted by Crippen LogP contribution is 2.23. The Balaban J connectivity index is 2.14. The summed E-state index contributed by atoms with van der Waals surface area (Å²) in [4.78, 5) is 24.4. The number of hydrogen-bond acceptors (Lipinski definition) is 3. The molecule has 1 heterocycles. The summed E-state index contributed by atoms with van der Waals surface area (Å²) in [6.45, 7) is 1.44. The van der Waals surface area contributed by atoms with Gasteiger partial charge in [0.25, 0.3) is 0 Å². The van der Waals surface area contributed by atoms with Crippen LogP contribution in [-0.4, -0.2) is 42.8 Å². The number of piperazine rings is 1. The molecule has 1 radical (unpaired) electrons. The Labute approximate surface area is 121 Å². The van der Waals surface area contributed by atoms with Crippen molar-refractivity contribution in [3.63, 3.8) is 0 Å². The van der Waals surface area contributed by atoms with E-state index in [9.17, 15) is 9.59 Å². The van der Waals surface area contributed by atoms with Crippen LogP contribution in [-0.2, 0) is 16.0 Å². The molecular weight excluding hydrogens is 287 g/mol. The van der Waals surface area contributed by atoms with E-state index >= 15 is 0 Å². The van der Waals surface area contributed by atoms with Crippen LogP contribution in [0, 0.1) is 0 Å². The van der Waals surface area contributed by atoms with Crippen molar-refractivity contribution in [1.29, 1.82) is 0 Å². The van der Waals surface area contributed by atoms with Gasteiger partial charge in [0, 0.05) is 29.6 Å². The zero-order valence-corrected chi connectivity index (χ0v) is 11.7. The smallest absolute Gasteiger partial charge is 0.237 e. The summed E-state index contributed by atoms with van der Waals surface area (Å²) in [5, 5.41) is 4.00. The lowest BCUT2D eigenvalue weighted by atomic mass is 10.0. The summed E-state index contributed by atoms with van der Waals surface area (Å²) >= 11 is 11.9. The molecule has 1 unspecified atom stereocenters. The van der Waals surface area contributed by atoms with Gasteiger partial charge in [0.2, 0.25) is 12.2 Å². The minimum atomic E-state index is -0.603. The van der Waals surface area contributed by atoms with Crippen molar-refractivity contribution in [3.05, 3.63) is 33.8 Å². The third kappa shape index (κ3) is 3.47. The van der Waals surface area contributed by atoms with Gasteiger partial charge in [-0.3, -0.25) is 9.59 Å². The molecule has 1 aromatic carbocycles. The lowest BCUT2D eigenvalue weighted by molar-refractivity contribution is -0.133. The van der Waals surface area contributed by atoms with Gasteiger partial charge in [0.15, 0.2) is 0 Å². The van der Waals surface area contributed by atoms with Crippen LogP contribution >= 0.6 is 23.2 Å². The van der Waals surface area contributed by atoms with E-state index in [-0.39, 0.29) is 12.5 Å². The lowest BCUT2D eigenvalue weighted by Crippen LogP contribution is -2.53. The average molecular weight is 300 g/mol. The first kappa shape index (κ1) is 14.3. The van der Waals surface area contributed by atoms with Gasteiger partial charge in [-0.25, -0.2) is 0 Å². The maximum atomic E-state index is 11.8. The molecule has 0 spiro atoms. The summed E-state index contributed by atoms with van der Waals surface area (Å²) in [5.41, 5.74) is 0.783. The second kappa shape index (κ2) is 6.37. The molecule has 4 nitrogen and oxygen atoms in total. The van der Waals surface area contributed by atoms with Crippen molar-refractivity contribution in [2.45, 2.75) is 12.5 Å². The molecule has 1 saturated heterocycles. The predicted octanol–water partition coefficient (Wildman–Crippen LogP) is 1.45. The van der Waals surface area contributed by atoms with E-state index in [1.165, 1.54) is 4.90 Å². The van der Waals surface area contributed by atoms with E-state index in [0.29, 0.717) is 29.6 Å². The van der Waals surface area contributed by atoms with E-state index in [1.54, 1.807) is 18.2 Å². The first-order chi connectivity index (χ1) is 9.11. The summed E-state index contributed by atoms with van der Waals surface area (Å²) in [6, 6.07) is 4.50. The topological polar surface area (TPSA) is 49.4 Å². The zero-order chi connectivity index (χ0) is 13.8. The Morgan fingerprint density at radius 3 is 2.84 bits per heavy atom. The molecule has 1 fully saturated rings. The first-order valence-corrected chi connectivity index (χ1v) is 6.69. The van der Waals surface area contributed by atoms with E-state index < -0.39 is 6.04 Å². The third-order valence-electron chi connectivity index (χ3n) is 3.07. The zero-order valence-electron chi connectivity index (χ0n) is 10.2. The van der Waals surface area contributed by atoms with Gasteiger partial charge in [0.1, 0.15) is 6.04 Å². The van der Waals surface area contributed by atoms with Crippen molar-refractivity contribution in [3.8, 4) is 0 Å². The Morgan fingerprint density at radius 1 is 1.42 bits per heavy atom. The number of amides is 1. The molecule has 1 aromatic rings. The number of rotatable bonds is 4. The molecule has 1 aliphatic rings. The Morgan fingerprint density at radius 2 is 2.21 bits per heavy atom. The van der Waals surface area contributed by atoms with Gasteiger partial charge < -0.3 is 10.2 Å². The largest absolute Gasteiger partial charge is 0.329 e. The molecule has 0 bridgehead atoms. The number of carbonyl (C=O) groups excluding carboxylic acids is 2. The predicted molar refractivity (Wildman–Crippen MR) is 74.2 cm³/mol. The van der Waals surface area contributed by atoms with Crippen LogP contribution in [0.4, 0.5) is 0 Å². The maximum absolute atomic E-state index is 11.8. The number of hydrogen-bond donors (Lipinski definition) is 1. The summed E-state index contributed by atoms with van der Waals surface area (Å²) < 4.78 is 0. The summed E-state index contributed by atoms with van der Waals surface area (Å²) in [7, 11) is 0. The van der Waals surface area contributed by atoms with Crippen LogP contribution in [0.3, 0.4) is 0 Å². The number of nitrogens with zero attached hydrogens (tertiary/aromatic N) is 1. The molecule has 101 valence electrons. The molecule has 19 heavy (non-hydrogen) atoms. The van der Waals surface area contributed by atoms with Crippen molar-refractivity contribution in [1.82, 2.24) is 10.2 Å². The van der Waals surface area contributed by atoms with Crippen molar-refractivity contribution >= 4 is 35.4 Å². The van der Waals surface area contributed by atoms with Gasteiger partial charge in [-0.15, -0.1) is 0 Å². The SMILES string of the molecule is O=[C]C(Cc1ccc(Cl)cc1Cl)N1CCNCC1=O. The van der Waals surface area contributed by atoms with Gasteiger partial charge in [-0.2, -0.15) is 0 Å². The highest BCUT2D eigenvalue weighted by Gasteiger charge is 2.26. The Kier molecular flexibility index (Phi) is 4.80. The minimum Gasteiger partial charge on any atom is -0.329 e. The average Bonchev–Trinajstić information content (AvgIpc) is 2.39. The summed E-state index contributed by atoms with van der Waals surface area (Å²) in [6.07, 6.45) is 2.28. The van der Waals surface area contributed by atoms with Gasteiger partial charge in [-0.1, -0.05) is 29.3 Å². The normalized spacial score (nSPS) is 17.4. The van der Waals surface area contributed by atoms with E-state index in [0.717, 1.165) is 5.56 Å². The second-order valence-electron chi connectivity index (χ2n) is 4.34. The van der Waals surface area contributed by atoms with Crippen molar-refractivity contribution in [2.24, 2.45) is 0 Å². The third-order valence-corrected chi connectivity index (χ3v) is 3.65. The van der Waals surface area contributed by atoms with Gasteiger partial charge in [-0.05, 0) is 17.7 Å². The monoisotopic (exact) mass is 299 g/mol. The van der Waals surface area contributed by atoms with Crippen LogP contribution < -0.4 is 5.32 Å². The second-order valence-corrected chi connectivity index (χ2v) is 5.18. The maximum Gasteiger partial charge on any atom is 0.237 e. The van der Waals surface area contributed by atoms with Crippen LogP contribution in [0.15, 0.2) is 18.2 Å². The summed E-state index contributed by atoms with van der Waals surface area (Å²) in [5.74, 6) is -0.0929. The highest BCUT2D eigenvalue weighted by molar-refractivity contribution is 6.35. The number of benzene rings is 1. The van der Waals surface area contributed by atoms with Gasteiger partial charge in [0.05, 0.1) is 6.54 Å². The lowest BCUT2D eigenvalue weighted by Gasteiger charge is -2.31. The molecule has 2 rings (SSSR count). The Bertz CT molecular complexity index is 494. The molecule has 1 N–H and O–H groups in total. The highest BCUT2D eigenvalue weighted by atomic mass is 35.5. The van der Waals surface area contributed by atoms with Crippen molar-refractivity contribution in [2.75, 3.05) is 19.6 Å². The molecule has 1 atom stereocenters. The molecule has 1 amide bonds. The number of halogens is 2. The minimum absolute atomic E-state index is 0.0929. The first-order valence-electron chi connectivity index (χ1n) is 5.93. The van der Waals surface area contributed by atoms with E-state index in [4.69, 9.17) is 23.2 Å². The molecule has 0 aliphatic carbocycles. The molecular formula is C13H13Cl2N2O2. The number of carbonyl (C=O) groups is 1. The number of nitrogens with one attached hydrogen (secondary N) is 1. The quantitative estimate of drug-likeness (QED) is 0.915. The van der Waals surface area contributed by atoms with Crippen LogP contribution in [0.25, 0.3) is 0 Å². The molecule has 6 heteroatoms. The fraction of sp³-hybridized carbons (Fsp3) is 0.385. The van der Waals surface area contributed by atoms with Crippen LogP contribution in [0.2, 0.25) is 10.0 Å². The van der Waals surface area contributed by atoms with Gasteiger partial charge >= 0.3 is 0 Å². The van der Waals surface area contributed by atoms with E-state index in [1.807, 2.05) is 6.29 Å². The van der Waals surface area contributed by atoms with Crippen LogP contribution in [0.5, 0.6) is 0 Å².